The summed E-state index contributed by atoms with van der Waals surface area (Å²) < 4.78 is 48.6. The molecule has 163 valence electrons. The van der Waals surface area contributed by atoms with Gasteiger partial charge in [0.15, 0.2) is 0 Å². The van der Waals surface area contributed by atoms with Crippen LogP contribution >= 0.6 is 0 Å². The standard InChI is InChI=1S/C25H15F3NO3Si/c26-18-14-21(27)23(22(28)15-18)19-12-7-13-20(24(19)29(30)31)25(32-33,16-8-3-1-4-9-16)17-10-5-2-6-11-17/h1-15H. The van der Waals surface area contributed by atoms with E-state index in [9.17, 15) is 23.3 Å². The molecule has 0 atom stereocenters. The fourth-order valence-corrected chi connectivity index (χ4v) is 4.37. The first kappa shape index (κ1) is 22.4. The molecular weight excluding hydrogens is 447 g/mol. The van der Waals surface area contributed by atoms with Crippen LogP contribution in [0.5, 0.6) is 0 Å². The van der Waals surface area contributed by atoms with Crippen LogP contribution in [0.1, 0.15) is 16.7 Å². The van der Waals surface area contributed by atoms with Gasteiger partial charge in [0.25, 0.3) is 5.69 Å². The van der Waals surface area contributed by atoms with E-state index in [1.807, 2.05) is 0 Å². The molecule has 0 heterocycles. The van der Waals surface area contributed by atoms with Crippen molar-refractivity contribution in [2.24, 2.45) is 0 Å². The van der Waals surface area contributed by atoms with Crippen LogP contribution < -0.4 is 0 Å². The Kier molecular flexibility index (Phi) is 6.13. The lowest BCUT2D eigenvalue weighted by molar-refractivity contribution is -0.385. The lowest BCUT2D eigenvalue weighted by Gasteiger charge is -2.34. The Bertz CT molecular complexity index is 1250. The smallest absolute Gasteiger partial charge is 0.284 e. The van der Waals surface area contributed by atoms with Crippen molar-refractivity contribution in [3.8, 4) is 11.1 Å². The average molecular weight is 462 g/mol. The number of nitro groups is 1. The topological polar surface area (TPSA) is 52.4 Å². The van der Waals surface area contributed by atoms with E-state index in [2.05, 4.69) is 10.5 Å². The quantitative estimate of drug-likeness (QED) is 0.151. The molecule has 0 aliphatic rings. The van der Waals surface area contributed by atoms with Crippen molar-refractivity contribution >= 4 is 16.2 Å². The molecule has 0 amide bonds. The second-order valence-electron chi connectivity index (χ2n) is 7.22. The highest BCUT2D eigenvalue weighted by Crippen LogP contribution is 2.47. The van der Waals surface area contributed by atoms with Crippen LogP contribution in [0.15, 0.2) is 91.0 Å². The fourth-order valence-electron chi connectivity index (χ4n) is 4.02. The van der Waals surface area contributed by atoms with Gasteiger partial charge in [-0.15, -0.1) is 0 Å². The van der Waals surface area contributed by atoms with Gasteiger partial charge in [-0.25, -0.2) is 13.2 Å². The zero-order valence-electron chi connectivity index (χ0n) is 17.0. The third-order valence-corrected chi connectivity index (χ3v) is 5.69. The minimum absolute atomic E-state index is 0.0283. The summed E-state index contributed by atoms with van der Waals surface area (Å²) in [7, 11) is 3.13. The molecule has 0 saturated heterocycles. The number of halogens is 3. The molecular formula is C25H15F3NO3Si. The second kappa shape index (κ2) is 9.01. The van der Waals surface area contributed by atoms with Gasteiger partial charge in [0.1, 0.15) is 23.1 Å². The minimum Gasteiger partial charge on any atom is -0.401 e. The Morgan fingerprint density at radius 1 is 0.788 bits per heavy atom. The van der Waals surface area contributed by atoms with E-state index < -0.39 is 39.2 Å². The first-order chi connectivity index (χ1) is 15.9. The van der Waals surface area contributed by atoms with Gasteiger partial charge in [-0.2, -0.15) is 0 Å². The zero-order valence-corrected chi connectivity index (χ0v) is 18.0. The van der Waals surface area contributed by atoms with Gasteiger partial charge < -0.3 is 4.43 Å². The predicted octanol–water partition coefficient (Wildman–Crippen LogP) is 6.07. The molecule has 0 aliphatic carbocycles. The molecule has 4 aromatic rings. The van der Waals surface area contributed by atoms with Crippen molar-refractivity contribution in [3.63, 3.8) is 0 Å². The number of rotatable bonds is 6. The summed E-state index contributed by atoms with van der Waals surface area (Å²) in [5.74, 6) is -3.63. The minimum atomic E-state index is -1.55. The van der Waals surface area contributed by atoms with Gasteiger partial charge in [0.2, 0.25) is 10.5 Å². The first-order valence-corrected chi connectivity index (χ1v) is 10.2. The summed E-state index contributed by atoms with van der Waals surface area (Å²) >= 11 is 0. The second-order valence-corrected chi connectivity index (χ2v) is 7.42. The molecule has 33 heavy (non-hydrogen) atoms. The SMILES string of the molecule is O=[N+]([O-])c1c(-c2c(F)cc(F)cc2F)cccc1C(O[Si])(c1ccccc1)c1ccccc1. The summed E-state index contributed by atoms with van der Waals surface area (Å²) in [6, 6.07) is 22.5. The first-order valence-electron chi connectivity index (χ1n) is 9.78. The zero-order chi connectivity index (χ0) is 23.6. The molecule has 0 aliphatic heterocycles. The molecule has 0 fully saturated rings. The third kappa shape index (κ3) is 3.83. The number of para-hydroxylation sites is 1. The highest BCUT2D eigenvalue weighted by atomic mass is 28.2. The maximum atomic E-state index is 14.7. The molecule has 0 spiro atoms. The molecule has 0 bridgehead atoms. The van der Waals surface area contributed by atoms with Crippen molar-refractivity contribution in [2.45, 2.75) is 5.60 Å². The molecule has 4 aromatic carbocycles. The van der Waals surface area contributed by atoms with E-state index in [1.165, 1.54) is 18.2 Å². The van der Waals surface area contributed by atoms with E-state index in [0.717, 1.165) is 0 Å². The van der Waals surface area contributed by atoms with E-state index in [4.69, 9.17) is 4.43 Å². The van der Waals surface area contributed by atoms with Gasteiger partial charge >= 0.3 is 0 Å². The molecule has 0 N–H and O–H groups in total. The highest BCUT2D eigenvalue weighted by molar-refractivity contribution is 5.99. The Morgan fingerprint density at radius 2 is 1.30 bits per heavy atom. The number of benzene rings is 4. The van der Waals surface area contributed by atoms with Crippen LogP contribution in [-0.2, 0) is 10.0 Å². The summed E-state index contributed by atoms with van der Waals surface area (Å²) in [6.45, 7) is 0. The van der Waals surface area contributed by atoms with Crippen LogP contribution in [0.25, 0.3) is 11.1 Å². The fraction of sp³-hybridized carbons (Fsp3) is 0.0400. The van der Waals surface area contributed by atoms with Crippen molar-refractivity contribution in [1.29, 1.82) is 0 Å². The Labute approximate surface area is 191 Å². The molecule has 0 unspecified atom stereocenters. The monoisotopic (exact) mass is 462 g/mol. The summed E-state index contributed by atoms with van der Waals surface area (Å²) in [4.78, 5) is 11.6. The average Bonchev–Trinajstić information content (AvgIpc) is 2.81. The molecule has 4 rings (SSSR count). The number of hydrogen-bond donors (Lipinski definition) is 0. The van der Waals surface area contributed by atoms with Crippen LogP contribution in [0.3, 0.4) is 0 Å². The van der Waals surface area contributed by atoms with Gasteiger partial charge in [0.05, 0.1) is 21.6 Å². The van der Waals surface area contributed by atoms with Crippen molar-refractivity contribution in [2.75, 3.05) is 0 Å². The molecule has 3 radical (unpaired) electrons. The van der Waals surface area contributed by atoms with E-state index >= 15 is 0 Å². The van der Waals surface area contributed by atoms with E-state index in [1.54, 1.807) is 60.7 Å². The Balaban J connectivity index is 2.13. The maximum Gasteiger partial charge on any atom is 0.284 e. The third-order valence-electron chi connectivity index (χ3n) is 5.39. The summed E-state index contributed by atoms with van der Waals surface area (Å²) in [5, 5.41) is 12.3. The largest absolute Gasteiger partial charge is 0.401 e. The summed E-state index contributed by atoms with van der Waals surface area (Å²) in [5.41, 5.74) is -2.07. The van der Waals surface area contributed by atoms with Crippen LogP contribution in [0.4, 0.5) is 18.9 Å². The van der Waals surface area contributed by atoms with E-state index in [0.29, 0.717) is 23.3 Å². The van der Waals surface area contributed by atoms with Gasteiger partial charge in [-0.1, -0.05) is 66.7 Å². The predicted molar refractivity (Wildman–Crippen MR) is 118 cm³/mol. The maximum absolute atomic E-state index is 14.7. The van der Waals surface area contributed by atoms with Gasteiger partial charge in [-0.3, -0.25) is 10.1 Å². The lowest BCUT2D eigenvalue weighted by atomic mass is 9.78. The summed E-state index contributed by atoms with van der Waals surface area (Å²) in [6.07, 6.45) is 0. The van der Waals surface area contributed by atoms with Crippen LogP contribution in [0.2, 0.25) is 0 Å². The Hall–Kier alpha value is -3.75. The Morgan fingerprint density at radius 3 is 1.76 bits per heavy atom. The van der Waals surface area contributed by atoms with Crippen LogP contribution in [0, 0.1) is 27.6 Å². The molecule has 8 heteroatoms. The number of hydrogen-bond acceptors (Lipinski definition) is 3. The van der Waals surface area contributed by atoms with Gasteiger partial charge in [-0.05, 0) is 23.3 Å². The van der Waals surface area contributed by atoms with Crippen LogP contribution in [-0.4, -0.2) is 15.4 Å². The van der Waals surface area contributed by atoms with Crippen molar-refractivity contribution < 1.29 is 22.5 Å². The normalized spacial score (nSPS) is 11.4. The highest BCUT2D eigenvalue weighted by Gasteiger charge is 2.42. The van der Waals surface area contributed by atoms with Gasteiger partial charge in [0, 0.05) is 12.1 Å². The molecule has 0 aromatic heterocycles. The number of nitro benzene ring substituents is 1. The van der Waals surface area contributed by atoms with Crippen molar-refractivity contribution in [3.05, 3.63) is 135 Å². The van der Waals surface area contributed by atoms with E-state index in [-0.39, 0.29) is 11.1 Å². The lowest BCUT2D eigenvalue weighted by Crippen LogP contribution is -2.33. The molecule has 4 nitrogen and oxygen atoms in total. The van der Waals surface area contributed by atoms with Crippen molar-refractivity contribution in [1.82, 2.24) is 0 Å². The number of nitrogens with zero attached hydrogens (tertiary/aromatic N) is 1. The molecule has 0 saturated carbocycles.